The molecule has 1 atom stereocenters. The number of anilines is 1. The summed E-state index contributed by atoms with van der Waals surface area (Å²) in [7, 11) is 0. The minimum absolute atomic E-state index is 0.0415. The summed E-state index contributed by atoms with van der Waals surface area (Å²) in [6.45, 7) is 1.08. The van der Waals surface area contributed by atoms with E-state index in [2.05, 4.69) is 26.3 Å². The number of fused-ring (bicyclic) bond motifs is 4. The Labute approximate surface area is 201 Å². The third-order valence-corrected chi connectivity index (χ3v) is 7.39. The second-order valence-corrected chi connectivity index (χ2v) is 9.84. The van der Waals surface area contributed by atoms with E-state index < -0.39 is 17.6 Å². The Morgan fingerprint density at radius 3 is 2.54 bits per heavy atom. The Balaban J connectivity index is 0.000000591. The van der Waals surface area contributed by atoms with E-state index >= 15 is 4.39 Å². The Kier molecular flexibility index (Phi) is 6.13. The molecule has 0 radical (unpaired) electrons. The van der Waals surface area contributed by atoms with Crippen LogP contribution in [0.25, 0.3) is 22.3 Å². The average Bonchev–Trinajstić information content (AvgIpc) is 3.59. The van der Waals surface area contributed by atoms with E-state index in [4.69, 9.17) is 9.90 Å². The largest absolute Gasteiger partial charge is 0.481 e. The zero-order valence-corrected chi connectivity index (χ0v) is 19.4. The van der Waals surface area contributed by atoms with Crippen molar-refractivity contribution in [2.24, 2.45) is 11.8 Å². The molecule has 4 saturated carbocycles. The first-order valence-corrected chi connectivity index (χ1v) is 12.1. The van der Waals surface area contributed by atoms with Crippen molar-refractivity contribution in [3.8, 4) is 17.3 Å². The molecule has 0 aliphatic heterocycles. The second kappa shape index (κ2) is 9.25. The van der Waals surface area contributed by atoms with E-state index in [1.54, 1.807) is 6.20 Å². The monoisotopic (exact) mass is 479 g/mol. The van der Waals surface area contributed by atoms with Crippen LogP contribution >= 0.6 is 0 Å². The lowest BCUT2D eigenvalue weighted by Gasteiger charge is -2.43. The number of nitriles is 1. The predicted molar refractivity (Wildman–Crippen MR) is 127 cm³/mol. The summed E-state index contributed by atoms with van der Waals surface area (Å²) in [6.07, 6.45) is 10.5. The van der Waals surface area contributed by atoms with Gasteiger partial charge in [0.15, 0.2) is 11.6 Å². The van der Waals surface area contributed by atoms with Crippen LogP contribution in [-0.2, 0) is 4.79 Å². The van der Waals surface area contributed by atoms with Gasteiger partial charge in [0, 0.05) is 35.7 Å². The fourth-order valence-corrected chi connectivity index (χ4v) is 5.64. The van der Waals surface area contributed by atoms with E-state index in [1.165, 1.54) is 31.7 Å². The van der Waals surface area contributed by atoms with Crippen LogP contribution in [0.4, 0.5) is 14.6 Å². The van der Waals surface area contributed by atoms with Crippen LogP contribution in [0.1, 0.15) is 68.9 Å². The number of nitrogens with zero attached hydrogens (tertiary/aromatic N) is 3. The molecule has 9 heteroatoms. The Morgan fingerprint density at radius 2 is 1.94 bits per heavy atom. The number of rotatable bonds is 4. The van der Waals surface area contributed by atoms with Gasteiger partial charge < -0.3 is 15.4 Å². The van der Waals surface area contributed by atoms with Crippen molar-refractivity contribution in [2.75, 3.05) is 5.32 Å². The molecular formula is C26H27F2N5O2. The maximum absolute atomic E-state index is 15.7. The normalized spacial score (nSPS) is 22.9. The van der Waals surface area contributed by atoms with Gasteiger partial charge in [0.2, 0.25) is 0 Å². The summed E-state index contributed by atoms with van der Waals surface area (Å²) in [5.74, 6) is -0.177. The van der Waals surface area contributed by atoms with Crippen LogP contribution in [0.3, 0.4) is 0 Å². The maximum Gasteiger partial charge on any atom is 0.300 e. The molecule has 0 amide bonds. The van der Waals surface area contributed by atoms with Crippen molar-refractivity contribution in [2.45, 2.75) is 63.8 Å². The summed E-state index contributed by atoms with van der Waals surface area (Å²) in [5, 5.41) is 21.3. The molecule has 2 bridgehead atoms. The van der Waals surface area contributed by atoms with Gasteiger partial charge in [0.05, 0.1) is 17.5 Å². The van der Waals surface area contributed by atoms with Crippen LogP contribution < -0.4 is 5.32 Å². The first-order chi connectivity index (χ1) is 16.9. The highest BCUT2D eigenvalue weighted by Crippen LogP contribution is 2.47. The number of aliphatic carboxylic acids is 1. The molecule has 0 saturated heterocycles. The Morgan fingerprint density at radius 1 is 1.23 bits per heavy atom. The molecule has 4 aliphatic rings. The number of hydrogen-bond acceptors (Lipinski definition) is 5. The van der Waals surface area contributed by atoms with Crippen LogP contribution in [0.2, 0.25) is 0 Å². The molecule has 4 fully saturated rings. The molecule has 35 heavy (non-hydrogen) atoms. The molecule has 182 valence electrons. The van der Waals surface area contributed by atoms with Crippen LogP contribution in [0.15, 0.2) is 18.5 Å². The van der Waals surface area contributed by atoms with Crippen molar-refractivity contribution in [1.29, 1.82) is 5.26 Å². The molecule has 3 aromatic rings. The van der Waals surface area contributed by atoms with Gasteiger partial charge in [0.1, 0.15) is 17.5 Å². The van der Waals surface area contributed by atoms with Gasteiger partial charge in [-0.05, 0) is 55.9 Å². The van der Waals surface area contributed by atoms with Crippen molar-refractivity contribution >= 4 is 22.8 Å². The lowest BCUT2D eigenvalue weighted by molar-refractivity contribution is -0.134. The number of halogens is 2. The van der Waals surface area contributed by atoms with Crippen molar-refractivity contribution in [3.05, 3.63) is 41.2 Å². The zero-order chi connectivity index (χ0) is 24.7. The number of pyridine rings is 2. The summed E-state index contributed by atoms with van der Waals surface area (Å²) < 4.78 is 29.6. The van der Waals surface area contributed by atoms with Crippen LogP contribution in [-0.4, -0.2) is 32.1 Å². The number of nitrogens with one attached hydrogen (secondary N) is 2. The van der Waals surface area contributed by atoms with Crippen molar-refractivity contribution in [3.63, 3.8) is 0 Å². The number of H-pyrrole nitrogens is 1. The molecular weight excluding hydrogens is 452 g/mol. The highest BCUT2D eigenvalue weighted by Gasteiger charge is 2.38. The molecule has 3 heterocycles. The molecule has 7 rings (SSSR count). The van der Waals surface area contributed by atoms with E-state index in [-0.39, 0.29) is 23.3 Å². The van der Waals surface area contributed by atoms with Gasteiger partial charge in [-0.1, -0.05) is 12.8 Å². The Bertz CT molecular complexity index is 1320. The fourth-order valence-electron chi connectivity index (χ4n) is 5.64. The molecule has 3 aromatic heterocycles. The number of carboxylic acids is 1. The first-order valence-electron chi connectivity index (χ1n) is 12.1. The van der Waals surface area contributed by atoms with Crippen molar-refractivity contribution < 1.29 is 18.7 Å². The zero-order valence-electron chi connectivity index (χ0n) is 19.4. The quantitative estimate of drug-likeness (QED) is 0.440. The number of carbonyl (C=O) groups is 1. The highest BCUT2D eigenvalue weighted by molar-refractivity contribution is 5.94. The van der Waals surface area contributed by atoms with Gasteiger partial charge in [-0.25, -0.2) is 18.7 Å². The Hall–Kier alpha value is -3.54. The van der Waals surface area contributed by atoms with Crippen molar-refractivity contribution in [1.82, 2.24) is 15.0 Å². The predicted octanol–water partition coefficient (Wildman–Crippen LogP) is 5.73. The highest BCUT2D eigenvalue weighted by atomic mass is 19.1. The van der Waals surface area contributed by atoms with Gasteiger partial charge >= 0.3 is 0 Å². The van der Waals surface area contributed by atoms with E-state index in [0.29, 0.717) is 39.7 Å². The number of aromatic nitrogens is 3. The van der Waals surface area contributed by atoms with E-state index in [9.17, 15) is 9.65 Å². The summed E-state index contributed by atoms with van der Waals surface area (Å²) in [5.41, 5.74) is 2.19. The minimum Gasteiger partial charge on any atom is -0.481 e. The molecule has 3 N–H and O–H groups in total. The molecule has 7 nitrogen and oxygen atoms in total. The first kappa shape index (κ1) is 23.2. The van der Waals surface area contributed by atoms with Gasteiger partial charge in [0.25, 0.3) is 5.97 Å². The number of carboxylic acid groups (broad SMARTS) is 1. The SMILES string of the molecule is CC(=O)O.N#Cc1c(-c2c[nH]c3ncc(F)cc23)nc(NC2CC3CCC2CC3)c(F)c1C1CC1. The molecule has 0 spiro atoms. The van der Waals surface area contributed by atoms with Gasteiger partial charge in [-0.3, -0.25) is 4.79 Å². The summed E-state index contributed by atoms with van der Waals surface area (Å²) >= 11 is 0. The lowest BCUT2D eigenvalue weighted by atomic mass is 9.68. The molecule has 1 unspecified atom stereocenters. The smallest absolute Gasteiger partial charge is 0.300 e. The fraction of sp³-hybridized carbons (Fsp3) is 0.462. The summed E-state index contributed by atoms with van der Waals surface area (Å²) in [6, 6.07) is 3.79. The third-order valence-electron chi connectivity index (χ3n) is 7.39. The lowest BCUT2D eigenvalue weighted by Crippen LogP contribution is -2.40. The number of aromatic amines is 1. The van der Waals surface area contributed by atoms with Crippen LogP contribution in [0.5, 0.6) is 0 Å². The molecule has 4 aliphatic carbocycles. The standard InChI is InChI=1S/C24H23F2N5.C2H4O2/c25-15-8-16-18(11-29-23(16)28-10-15)22-17(9-27)20(14-5-6-14)21(26)24(31-22)30-19-7-12-1-3-13(19)4-2-12;1-2(3)4/h8,10-14,19H,1-7H2,(H,28,29)(H,30,31);1H3,(H,3,4). The van der Waals surface area contributed by atoms with Gasteiger partial charge in [-0.15, -0.1) is 0 Å². The topological polar surface area (TPSA) is 115 Å². The number of hydrogen-bond donors (Lipinski definition) is 3. The maximum atomic E-state index is 15.7. The van der Waals surface area contributed by atoms with E-state index in [1.807, 2.05) is 0 Å². The minimum atomic E-state index is -0.833. The average molecular weight is 480 g/mol. The van der Waals surface area contributed by atoms with E-state index in [0.717, 1.165) is 32.4 Å². The molecule has 0 aromatic carbocycles. The van der Waals surface area contributed by atoms with Gasteiger partial charge in [-0.2, -0.15) is 5.26 Å². The second-order valence-electron chi connectivity index (χ2n) is 9.84. The third kappa shape index (κ3) is 4.57. The van der Waals surface area contributed by atoms with Crippen LogP contribution in [0, 0.1) is 34.8 Å². The summed E-state index contributed by atoms with van der Waals surface area (Å²) in [4.78, 5) is 20.7.